The molecule has 11 heteroatoms. The number of anilines is 1. The number of rotatable bonds is 7. The first kappa shape index (κ1) is 23.6. The first-order valence-electron chi connectivity index (χ1n) is 9.56. The highest BCUT2D eigenvalue weighted by molar-refractivity contribution is 7.89. The lowest BCUT2D eigenvalue weighted by Crippen LogP contribution is -2.43. The van der Waals surface area contributed by atoms with Crippen molar-refractivity contribution in [3.05, 3.63) is 50.9 Å². The van der Waals surface area contributed by atoms with Crippen molar-refractivity contribution in [3.8, 4) is 0 Å². The molecule has 0 unspecified atom stereocenters. The second-order valence-corrected chi connectivity index (χ2v) is 11.2. The number of amides is 2. The van der Waals surface area contributed by atoms with E-state index in [0.717, 1.165) is 10.9 Å². The van der Waals surface area contributed by atoms with Gasteiger partial charge in [-0.15, -0.1) is 11.3 Å². The molecule has 168 valence electrons. The number of sulfonamides is 1. The van der Waals surface area contributed by atoms with Crippen LogP contribution in [0.1, 0.15) is 34.5 Å². The zero-order chi connectivity index (χ0) is 22.9. The molecule has 0 radical (unpaired) electrons. The topological polar surface area (TPSA) is 86.8 Å². The maximum Gasteiger partial charge on any atom is 0.253 e. The van der Waals surface area contributed by atoms with E-state index in [-0.39, 0.29) is 41.8 Å². The van der Waals surface area contributed by atoms with E-state index in [0.29, 0.717) is 4.34 Å². The molecule has 0 bridgehead atoms. The molecule has 1 saturated heterocycles. The summed E-state index contributed by atoms with van der Waals surface area (Å²) in [6.45, 7) is 1.94. The smallest absolute Gasteiger partial charge is 0.253 e. The van der Waals surface area contributed by atoms with E-state index in [2.05, 4.69) is 4.72 Å². The van der Waals surface area contributed by atoms with Gasteiger partial charge in [0, 0.05) is 37.0 Å². The number of benzene rings is 1. The van der Waals surface area contributed by atoms with Gasteiger partial charge in [-0.3, -0.25) is 9.59 Å². The normalized spacial score (nSPS) is 17.8. The van der Waals surface area contributed by atoms with E-state index in [1.54, 1.807) is 33.2 Å². The molecule has 1 aliphatic rings. The molecule has 2 aromatic rings. The quantitative estimate of drug-likeness (QED) is 0.650. The van der Waals surface area contributed by atoms with Gasteiger partial charge in [-0.2, -0.15) is 0 Å². The fourth-order valence-corrected chi connectivity index (χ4v) is 6.22. The Bertz CT molecular complexity index is 1100. The summed E-state index contributed by atoms with van der Waals surface area (Å²) >= 11 is 7.23. The Morgan fingerprint density at radius 3 is 2.65 bits per heavy atom. The highest BCUT2D eigenvalue weighted by Crippen LogP contribution is 2.30. The number of carbonyl (C=O) groups excluding carboxylic acids is 2. The van der Waals surface area contributed by atoms with Gasteiger partial charge >= 0.3 is 0 Å². The lowest BCUT2D eigenvalue weighted by atomic mass is 10.1. The first-order valence-corrected chi connectivity index (χ1v) is 12.4. The summed E-state index contributed by atoms with van der Waals surface area (Å²) in [5.41, 5.74) is 0.182. The van der Waals surface area contributed by atoms with Crippen molar-refractivity contribution in [3.63, 3.8) is 0 Å². The number of nitrogens with zero attached hydrogens (tertiary/aromatic N) is 2. The van der Waals surface area contributed by atoms with Crippen molar-refractivity contribution in [1.82, 2.24) is 9.62 Å². The van der Waals surface area contributed by atoms with Crippen molar-refractivity contribution in [1.29, 1.82) is 0 Å². The lowest BCUT2D eigenvalue weighted by molar-refractivity contribution is -0.118. The number of hydrogen-bond acceptors (Lipinski definition) is 5. The van der Waals surface area contributed by atoms with Crippen molar-refractivity contribution in [2.75, 3.05) is 31.3 Å². The molecule has 1 N–H and O–H groups in total. The maximum atomic E-state index is 14.6. The molecule has 2 heterocycles. The van der Waals surface area contributed by atoms with Gasteiger partial charge in [0.1, 0.15) is 11.9 Å². The molecule has 1 aromatic carbocycles. The third-order valence-electron chi connectivity index (χ3n) is 4.97. The third kappa shape index (κ3) is 5.43. The van der Waals surface area contributed by atoms with Gasteiger partial charge in [-0.05, 0) is 36.8 Å². The van der Waals surface area contributed by atoms with Gasteiger partial charge in [0.15, 0.2) is 0 Å². The fraction of sp³-hybridized carbons (Fsp3) is 0.400. The van der Waals surface area contributed by atoms with Gasteiger partial charge in [-0.1, -0.05) is 18.5 Å². The monoisotopic (exact) mass is 487 g/mol. The Labute approximate surface area is 189 Å². The second kappa shape index (κ2) is 9.23. The van der Waals surface area contributed by atoms with Crippen LogP contribution in [0.15, 0.2) is 30.3 Å². The van der Waals surface area contributed by atoms with Crippen LogP contribution in [0.3, 0.4) is 0 Å². The maximum absolute atomic E-state index is 14.6. The second-order valence-electron chi connectivity index (χ2n) is 7.64. The molecule has 2 atom stereocenters. The van der Waals surface area contributed by atoms with E-state index in [9.17, 15) is 22.4 Å². The van der Waals surface area contributed by atoms with E-state index in [1.165, 1.54) is 33.3 Å². The van der Waals surface area contributed by atoms with Crippen LogP contribution in [-0.2, 0) is 14.8 Å². The number of halogens is 2. The van der Waals surface area contributed by atoms with Gasteiger partial charge in [-0.25, -0.2) is 17.5 Å². The summed E-state index contributed by atoms with van der Waals surface area (Å²) in [4.78, 5) is 28.1. The molecule has 2 amide bonds. The fourth-order valence-electron chi connectivity index (χ4n) is 3.41. The van der Waals surface area contributed by atoms with Crippen LogP contribution >= 0.6 is 22.9 Å². The van der Waals surface area contributed by atoms with Crippen LogP contribution in [0.4, 0.5) is 10.1 Å². The Hall–Kier alpha value is -2.01. The predicted molar refractivity (Wildman–Crippen MR) is 120 cm³/mol. The highest BCUT2D eigenvalue weighted by atomic mass is 35.5. The van der Waals surface area contributed by atoms with Crippen LogP contribution < -0.4 is 9.62 Å². The minimum Gasteiger partial charge on any atom is -0.345 e. The van der Waals surface area contributed by atoms with Crippen LogP contribution in [0, 0.1) is 5.82 Å². The average molecular weight is 488 g/mol. The summed E-state index contributed by atoms with van der Waals surface area (Å²) in [6, 6.07) is 6.41. The minimum atomic E-state index is -3.76. The summed E-state index contributed by atoms with van der Waals surface area (Å²) in [5.74, 6) is -2.08. The van der Waals surface area contributed by atoms with Crippen LogP contribution in [0.2, 0.25) is 4.34 Å². The predicted octanol–water partition coefficient (Wildman–Crippen LogP) is 3.07. The van der Waals surface area contributed by atoms with Crippen molar-refractivity contribution < 1.29 is 22.4 Å². The number of thiophene rings is 1. The molecule has 0 aliphatic carbocycles. The van der Waals surface area contributed by atoms with Crippen LogP contribution in [0.25, 0.3) is 0 Å². The Balaban J connectivity index is 1.69. The minimum absolute atomic E-state index is 0.0172. The molecular weight excluding hydrogens is 465 g/mol. The van der Waals surface area contributed by atoms with Gasteiger partial charge in [0.25, 0.3) is 5.91 Å². The molecule has 31 heavy (non-hydrogen) atoms. The molecule has 1 fully saturated rings. The molecule has 7 nitrogen and oxygen atoms in total. The Morgan fingerprint density at radius 2 is 2.06 bits per heavy atom. The van der Waals surface area contributed by atoms with Crippen LogP contribution in [0.5, 0.6) is 0 Å². The zero-order valence-corrected chi connectivity index (χ0v) is 19.7. The van der Waals surface area contributed by atoms with Crippen LogP contribution in [-0.4, -0.2) is 57.6 Å². The average Bonchev–Trinajstić information content (AvgIpc) is 3.27. The SMILES string of the molecule is C[C@@H](CS(=O)(=O)N[C@H]1CCN(c2ccc(C(=O)N(C)C)cc2F)C1=O)c1ccc(Cl)s1. The standard InChI is InChI=1S/C20H23ClFN3O4S2/c1-12(17-6-7-18(21)30-17)11-31(28,29)23-15-8-9-25(20(15)27)16-5-4-13(10-14(16)22)19(26)24(2)3/h4-7,10,12,15,23H,8-9,11H2,1-3H3/t12-,15-/m0/s1. The van der Waals surface area contributed by atoms with Crippen molar-refractivity contribution >= 4 is 50.5 Å². The van der Waals surface area contributed by atoms with Gasteiger partial charge < -0.3 is 9.80 Å². The lowest BCUT2D eigenvalue weighted by Gasteiger charge is -2.19. The molecule has 0 spiro atoms. The summed E-state index contributed by atoms with van der Waals surface area (Å²) < 4.78 is 42.8. The first-order chi connectivity index (χ1) is 14.5. The molecule has 0 saturated carbocycles. The molecule has 3 rings (SSSR count). The highest BCUT2D eigenvalue weighted by Gasteiger charge is 2.37. The molecule has 1 aromatic heterocycles. The van der Waals surface area contributed by atoms with Crippen molar-refractivity contribution in [2.45, 2.75) is 25.3 Å². The number of nitrogens with one attached hydrogen (secondary N) is 1. The largest absolute Gasteiger partial charge is 0.345 e. The van der Waals surface area contributed by atoms with E-state index in [4.69, 9.17) is 11.6 Å². The van der Waals surface area contributed by atoms with E-state index < -0.39 is 27.8 Å². The van der Waals surface area contributed by atoms with Gasteiger partial charge in [0.05, 0.1) is 15.8 Å². The summed E-state index contributed by atoms with van der Waals surface area (Å²) in [6.07, 6.45) is 0.217. The third-order valence-corrected chi connectivity index (χ3v) is 8.01. The number of hydrogen-bond donors (Lipinski definition) is 1. The summed E-state index contributed by atoms with van der Waals surface area (Å²) in [5, 5.41) is 0. The molecule has 1 aliphatic heterocycles. The van der Waals surface area contributed by atoms with E-state index >= 15 is 0 Å². The number of carbonyl (C=O) groups is 2. The summed E-state index contributed by atoms with van der Waals surface area (Å²) in [7, 11) is -0.641. The van der Waals surface area contributed by atoms with Crippen molar-refractivity contribution in [2.24, 2.45) is 0 Å². The Morgan fingerprint density at radius 1 is 1.35 bits per heavy atom. The van der Waals surface area contributed by atoms with E-state index in [1.807, 2.05) is 0 Å². The molecular formula is C20H23ClFN3O4S2. The van der Waals surface area contributed by atoms with Gasteiger partial charge in [0.2, 0.25) is 15.9 Å². The zero-order valence-electron chi connectivity index (χ0n) is 17.3. The Kier molecular flexibility index (Phi) is 7.04.